The highest BCUT2D eigenvalue weighted by molar-refractivity contribution is 5.84. The molecule has 0 bridgehead atoms. The summed E-state index contributed by atoms with van der Waals surface area (Å²) in [6.07, 6.45) is 3.72. The van der Waals surface area contributed by atoms with Crippen molar-refractivity contribution in [1.29, 1.82) is 0 Å². The van der Waals surface area contributed by atoms with Crippen LogP contribution in [0.3, 0.4) is 0 Å². The molecule has 4 heteroatoms. The Kier molecular flexibility index (Phi) is 5.78. The van der Waals surface area contributed by atoms with Gasteiger partial charge in [-0.2, -0.15) is 0 Å². The summed E-state index contributed by atoms with van der Waals surface area (Å²) >= 11 is 0. The van der Waals surface area contributed by atoms with E-state index in [0.29, 0.717) is 26.3 Å². The third kappa shape index (κ3) is 4.46. The summed E-state index contributed by atoms with van der Waals surface area (Å²) in [6, 6.07) is 24.1. The van der Waals surface area contributed by atoms with Gasteiger partial charge in [-0.05, 0) is 35.4 Å². The Morgan fingerprint density at radius 1 is 0.536 bits per heavy atom. The molecule has 0 saturated heterocycles. The number of benzene rings is 3. The van der Waals surface area contributed by atoms with E-state index in [4.69, 9.17) is 9.47 Å². The van der Waals surface area contributed by atoms with Crippen LogP contribution in [0.5, 0.6) is 11.5 Å². The maximum atomic E-state index is 6.11. The molecule has 4 nitrogen and oxygen atoms in total. The molecule has 0 amide bonds. The van der Waals surface area contributed by atoms with Crippen LogP contribution >= 0.6 is 0 Å². The lowest BCUT2D eigenvalue weighted by molar-refractivity contribution is 0.285. The minimum absolute atomic E-state index is 0.480. The molecule has 1 heterocycles. The topological polar surface area (TPSA) is 43.2 Å². The van der Waals surface area contributed by atoms with Crippen molar-refractivity contribution in [3.05, 3.63) is 95.1 Å². The fourth-order valence-corrected chi connectivity index (χ4v) is 3.03. The molecule has 0 saturated carbocycles. The van der Waals surface area contributed by atoms with Gasteiger partial charge in [-0.1, -0.05) is 48.5 Å². The van der Waals surface area contributed by atoms with Crippen molar-refractivity contribution in [2.24, 2.45) is 9.98 Å². The van der Waals surface area contributed by atoms with Crippen LogP contribution in [-0.2, 0) is 13.2 Å². The third-order valence-corrected chi connectivity index (χ3v) is 4.54. The Bertz CT molecular complexity index is 915. The zero-order chi connectivity index (χ0) is 19.0. The maximum absolute atomic E-state index is 6.11. The van der Waals surface area contributed by atoms with Gasteiger partial charge in [-0.25, -0.2) is 0 Å². The second-order valence-electron chi connectivity index (χ2n) is 6.49. The molecule has 0 fully saturated rings. The van der Waals surface area contributed by atoms with E-state index in [0.717, 1.165) is 33.8 Å². The molecular formula is C24H22N2O2. The van der Waals surface area contributed by atoms with Gasteiger partial charge in [0.1, 0.15) is 24.7 Å². The average molecular weight is 370 g/mol. The molecule has 0 aromatic heterocycles. The molecule has 0 spiro atoms. The number of fused-ring (bicyclic) bond motifs is 3. The van der Waals surface area contributed by atoms with E-state index in [1.54, 1.807) is 0 Å². The normalized spacial score (nSPS) is 14.1. The SMILES string of the molecule is C1=NCCN=Cc2ccccc2OCc2ccccc2COc2ccccc21. The molecule has 0 aliphatic carbocycles. The van der Waals surface area contributed by atoms with E-state index in [1.807, 2.05) is 73.1 Å². The molecule has 0 unspecified atom stereocenters. The number of rotatable bonds is 0. The van der Waals surface area contributed by atoms with E-state index in [9.17, 15) is 0 Å². The first-order chi connectivity index (χ1) is 13.9. The van der Waals surface area contributed by atoms with E-state index in [-0.39, 0.29) is 0 Å². The summed E-state index contributed by atoms with van der Waals surface area (Å²) in [5, 5.41) is 0. The number of para-hydroxylation sites is 2. The smallest absolute Gasteiger partial charge is 0.128 e. The monoisotopic (exact) mass is 370 g/mol. The number of aliphatic imine (C=N–C) groups is 2. The Morgan fingerprint density at radius 3 is 1.46 bits per heavy atom. The van der Waals surface area contributed by atoms with Gasteiger partial charge in [0.2, 0.25) is 0 Å². The molecule has 3 aromatic rings. The second-order valence-corrected chi connectivity index (χ2v) is 6.49. The molecule has 1 aliphatic heterocycles. The van der Waals surface area contributed by atoms with E-state index < -0.39 is 0 Å². The molecule has 140 valence electrons. The van der Waals surface area contributed by atoms with Crippen LogP contribution in [0.2, 0.25) is 0 Å². The second kappa shape index (κ2) is 9.00. The summed E-state index contributed by atoms with van der Waals surface area (Å²) in [7, 11) is 0. The van der Waals surface area contributed by atoms with Crippen molar-refractivity contribution in [2.45, 2.75) is 13.2 Å². The third-order valence-electron chi connectivity index (χ3n) is 4.54. The van der Waals surface area contributed by atoms with Crippen molar-refractivity contribution in [2.75, 3.05) is 13.1 Å². The van der Waals surface area contributed by atoms with E-state index in [2.05, 4.69) is 22.1 Å². The lowest BCUT2D eigenvalue weighted by Gasteiger charge is -2.14. The molecule has 4 rings (SSSR count). The largest absolute Gasteiger partial charge is 0.488 e. The minimum atomic E-state index is 0.480. The molecule has 28 heavy (non-hydrogen) atoms. The van der Waals surface area contributed by atoms with Crippen LogP contribution in [0.15, 0.2) is 82.8 Å². The Balaban J connectivity index is 1.66. The van der Waals surface area contributed by atoms with Crippen LogP contribution < -0.4 is 9.47 Å². The minimum Gasteiger partial charge on any atom is -0.488 e. The molecular weight excluding hydrogens is 348 g/mol. The van der Waals surface area contributed by atoms with Crippen LogP contribution in [0.4, 0.5) is 0 Å². The van der Waals surface area contributed by atoms with Gasteiger partial charge in [0, 0.05) is 23.6 Å². The van der Waals surface area contributed by atoms with Gasteiger partial charge in [0.25, 0.3) is 0 Å². The number of ether oxygens (including phenoxy) is 2. The summed E-state index contributed by atoms with van der Waals surface area (Å²) in [5.41, 5.74) is 4.15. The molecule has 3 aromatic carbocycles. The lowest BCUT2D eigenvalue weighted by Crippen LogP contribution is -2.05. The summed E-state index contributed by atoms with van der Waals surface area (Å²) < 4.78 is 12.2. The van der Waals surface area contributed by atoms with Crippen LogP contribution in [0, 0.1) is 0 Å². The summed E-state index contributed by atoms with van der Waals surface area (Å²) in [6.45, 7) is 2.20. The molecule has 1 aliphatic rings. The molecule has 0 N–H and O–H groups in total. The molecule has 0 radical (unpaired) electrons. The summed E-state index contributed by atoms with van der Waals surface area (Å²) in [5.74, 6) is 1.64. The molecule has 0 atom stereocenters. The first kappa shape index (κ1) is 18.0. The van der Waals surface area contributed by atoms with Crippen LogP contribution in [-0.4, -0.2) is 25.5 Å². The van der Waals surface area contributed by atoms with Gasteiger partial charge in [-0.3, -0.25) is 9.98 Å². The highest BCUT2D eigenvalue weighted by Gasteiger charge is 2.08. The van der Waals surface area contributed by atoms with E-state index >= 15 is 0 Å². The van der Waals surface area contributed by atoms with Crippen molar-refractivity contribution in [3.8, 4) is 11.5 Å². The predicted molar refractivity (Wildman–Crippen MR) is 113 cm³/mol. The van der Waals surface area contributed by atoms with Crippen molar-refractivity contribution >= 4 is 12.4 Å². The number of nitrogens with zero attached hydrogens (tertiary/aromatic N) is 2. The predicted octanol–water partition coefficient (Wildman–Crippen LogP) is 4.70. The fraction of sp³-hybridized carbons (Fsp3) is 0.167. The Hall–Kier alpha value is -3.40. The zero-order valence-electron chi connectivity index (χ0n) is 15.6. The van der Waals surface area contributed by atoms with Gasteiger partial charge in [0.15, 0.2) is 0 Å². The Labute approximate surface area is 165 Å². The fourth-order valence-electron chi connectivity index (χ4n) is 3.03. The quantitative estimate of drug-likeness (QED) is 0.576. The highest BCUT2D eigenvalue weighted by Crippen LogP contribution is 2.22. The van der Waals surface area contributed by atoms with Gasteiger partial charge < -0.3 is 9.47 Å². The van der Waals surface area contributed by atoms with Crippen molar-refractivity contribution < 1.29 is 9.47 Å². The Morgan fingerprint density at radius 2 is 0.964 bits per heavy atom. The van der Waals surface area contributed by atoms with Crippen LogP contribution in [0.1, 0.15) is 22.3 Å². The standard InChI is InChI=1S/C24H22N2O2/c1-2-10-22-18-28-24-12-6-4-8-20(24)16-26-14-13-25-15-19-7-3-5-11-23(19)27-17-21(22)9-1/h1-12,15-16H,13-14,17-18H2. The first-order valence-corrected chi connectivity index (χ1v) is 9.40. The summed E-state index contributed by atoms with van der Waals surface area (Å²) in [4.78, 5) is 8.98. The highest BCUT2D eigenvalue weighted by atomic mass is 16.5. The maximum Gasteiger partial charge on any atom is 0.128 e. The first-order valence-electron chi connectivity index (χ1n) is 9.40. The number of hydrogen-bond acceptors (Lipinski definition) is 4. The van der Waals surface area contributed by atoms with Gasteiger partial charge in [-0.15, -0.1) is 0 Å². The zero-order valence-corrected chi connectivity index (χ0v) is 15.6. The van der Waals surface area contributed by atoms with Gasteiger partial charge >= 0.3 is 0 Å². The number of hydrogen-bond donors (Lipinski definition) is 0. The van der Waals surface area contributed by atoms with Crippen molar-refractivity contribution in [1.82, 2.24) is 0 Å². The average Bonchev–Trinajstić information content (AvgIpc) is 2.74. The van der Waals surface area contributed by atoms with Gasteiger partial charge in [0.05, 0.1) is 13.1 Å². The van der Waals surface area contributed by atoms with E-state index in [1.165, 1.54) is 0 Å². The lowest BCUT2D eigenvalue weighted by atomic mass is 10.1. The van der Waals surface area contributed by atoms with Crippen molar-refractivity contribution in [3.63, 3.8) is 0 Å². The van der Waals surface area contributed by atoms with Crippen LogP contribution in [0.25, 0.3) is 0 Å².